The van der Waals surface area contributed by atoms with Crippen LogP contribution in [0.25, 0.3) is 10.8 Å². The summed E-state index contributed by atoms with van der Waals surface area (Å²) in [5, 5.41) is 2.03. The largest absolute Gasteiger partial charge is 0.293 e. The number of nitrogens with zero attached hydrogens (tertiary/aromatic N) is 1. The number of carbonyl (C=O) groups excluding carboxylic acids is 1. The number of hydrogen-bond donors (Lipinski definition) is 0. The first-order valence-electron chi connectivity index (χ1n) is 6.12. The number of pyridine rings is 1. The van der Waals surface area contributed by atoms with Crippen molar-refractivity contribution in [2.75, 3.05) is 11.5 Å². The Balaban J connectivity index is 2.17. The first-order chi connectivity index (χ1) is 8.68. The second kappa shape index (κ2) is 6.01. The maximum Gasteiger partial charge on any atom is 0.174 e. The summed E-state index contributed by atoms with van der Waals surface area (Å²) in [6.07, 6.45) is 3.48. The number of rotatable bonds is 5. The molecule has 0 saturated carbocycles. The van der Waals surface area contributed by atoms with Crippen LogP contribution in [0.5, 0.6) is 0 Å². The normalized spacial score (nSPS) is 11.1. The van der Waals surface area contributed by atoms with Gasteiger partial charge in [0.05, 0.1) is 5.75 Å². The van der Waals surface area contributed by atoms with Gasteiger partial charge < -0.3 is 0 Å². The highest BCUT2D eigenvalue weighted by atomic mass is 32.2. The van der Waals surface area contributed by atoms with Crippen LogP contribution in [0.4, 0.5) is 0 Å². The summed E-state index contributed by atoms with van der Waals surface area (Å²) in [4.78, 5) is 16.3. The van der Waals surface area contributed by atoms with Gasteiger partial charge in [0, 0.05) is 23.3 Å². The molecule has 0 fully saturated rings. The van der Waals surface area contributed by atoms with Crippen LogP contribution in [0.15, 0.2) is 36.7 Å². The molecule has 0 radical (unpaired) electrons. The maximum atomic E-state index is 12.2. The molecule has 3 heteroatoms. The highest BCUT2D eigenvalue weighted by molar-refractivity contribution is 7.99. The van der Waals surface area contributed by atoms with Gasteiger partial charge in [-0.15, -0.1) is 0 Å². The number of Topliss-reactive ketones (excluding diaryl/α,β-unsaturated/α-hetero) is 1. The molecule has 94 valence electrons. The molecule has 2 rings (SSSR count). The molecule has 0 atom stereocenters. The standard InChI is InChI=1S/C15H17NOS/c1-11(2)9-18-10-15(17)14-8-16-7-12-5-3-4-6-13(12)14/h3-8,11H,9-10H2,1-2H3. The SMILES string of the molecule is CC(C)CSCC(=O)c1cncc2ccccc12. The van der Waals surface area contributed by atoms with E-state index < -0.39 is 0 Å². The minimum atomic E-state index is 0.171. The van der Waals surface area contributed by atoms with Crippen molar-refractivity contribution in [1.82, 2.24) is 4.98 Å². The lowest BCUT2D eigenvalue weighted by molar-refractivity contribution is 0.102. The fraction of sp³-hybridized carbons (Fsp3) is 0.333. The van der Waals surface area contributed by atoms with Crippen LogP contribution in [-0.2, 0) is 0 Å². The van der Waals surface area contributed by atoms with E-state index in [2.05, 4.69) is 18.8 Å². The molecule has 0 bridgehead atoms. The Morgan fingerprint density at radius 1 is 1.28 bits per heavy atom. The van der Waals surface area contributed by atoms with Crippen LogP contribution in [0.3, 0.4) is 0 Å². The third-order valence-electron chi connectivity index (χ3n) is 2.65. The van der Waals surface area contributed by atoms with Crippen molar-refractivity contribution >= 4 is 28.3 Å². The topological polar surface area (TPSA) is 30.0 Å². The number of aromatic nitrogens is 1. The van der Waals surface area contributed by atoms with Crippen LogP contribution in [-0.4, -0.2) is 22.3 Å². The van der Waals surface area contributed by atoms with Gasteiger partial charge in [-0.3, -0.25) is 9.78 Å². The van der Waals surface area contributed by atoms with Crippen molar-refractivity contribution in [2.24, 2.45) is 5.92 Å². The number of thioether (sulfide) groups is 1. The molecule has 0 saturated heterocycles. The van der Waals surface area contributed by atoms with Gasteiger partial charge in [0.25, 0.3) is 0 Å². The van der Waals surface area contributed by atoms with Gasteiger partial charge in [0.15, 0.2) is 5.78 Å². The highest BCUT2D eigenvalue weighted by Gasteiger charge is 2.10. The van der Waals surface area contributed by atoms with E-state index in [-0.39, 0.29) is 5.78 Å². The molecule has 0 aliphatic heterocycles. The molecule has 2 nitrogen and oxygen atoms in total. The average molecular weight is 259 g/mol. The van der Waals surface area contributed by atoms with Crippen molar-refractivity contribution in [2.45, 2.75) is 13.8 Å². The third-order valence-corrected chi connectivity index (χ3v) is 4.02. The van der Waals surface area contributed by atoms with Gasteiger partial charge in [-0.1, -0.05) is 38.1 Å². The Labute approximate surface area is 112 Å². The number of ketones is 1. The highest BCUT2D eigenvalue weighted by Crippen LogP contribution is 2.19. The fourth-order valence-corrected chi connectivity index (χ4v) is 2.73. The minimum absolute atomic E-state index is 0.171. The smallest absolute Gasteiger partial charge is 0.174 e. The Bertz CT molecular complexity index is 546. The summed E-state index contributed by atoms with van der Waals surface area (Å²) in [5.74, 6) is 2.34. The van der Waals surface area contributed by atoms with Gasteiger partial charge in [-0.25, -0.2) is 0 Å². The van der Waals surface area contributed by atoms with Crippen LogP contribution in [0.2, 0.25) is 0 Å². The van der Waals surface area contributed by atoms with E-state index in [0.717, 1.165) is 22.1 Å². The van der Waals surface area contributed by atoms with E-state index in [1.54, 1.807) is 24.2 Å². The zero-order chi connectivity index (χ0) is 13.0. The Morgan fingerprint density at radius 3 is 2.83 bits per heavy atom. The maximum absolute atomic E-state index is 12.2. The molecular weight excluding hydrogens is 242 g/mol. The van der Waals surface area contributed by atoms with Gasteiger partial charge in [-0.05, 0) is 17.1 Å². The van der Waals surface area contributed by atoms with E-state index in [1.165, 1.54) is 0 Å². The van der Waals surface area contributed by atoms with E-state index in [1.807, 2.05) is 24.3 Å². The Morgan fingerprint density at radius 2 is 2.06 bits per heavy atom. The molecule has 0 N–H and O–H groups in total. The van der Waals surface area contributed by atoms with Gasteiger partial charge in [-0.2, -0.15) is 11.8 Å². The molecule has 0 aliphatic carbocycles. The third kappa shape index (κ3) is 3.10. The van der Waals surface area contributed by atoms with Crippen LogP contribution in [0.1, 0.15) is 24.2 Å². The Hall–Kier alpha value is -1.35. The summed E-state index contributed by atoms with van der Waals surface area (Å²) in [6, 6.07) is 7.89. The fourth-order valence-electron chi connectivity index (χ4n) is 1.80. The zero-order valence-corrected chi connectivity index (χ0v) is 11.5. The van der Waals surface area contributed by atoms with Crippen molar-refractivity contribution in [3.05, 3.63) is 42.2 Å². The monoisotopic (exact) mass is 259 g/mol. The first kappa shape index (κ1) is 13.1. The summed E-state index contributed by atoms with van der Waals surface area (Å²) < 4.78 is 0. The van der Waals surface area contributed by atoms with Gasteiger partial charge >= 0.3 is 0 Å². The number of benzene rings is 1. The van der Waals surface area contributed by atoms with E-state index in [4.69, 9.17) is 0 Å². The summed E-state index contributed by atoms with van der Waals surface area (Å²) >= 11 is 1.70. The minimum Gasteiger partial charge on any atom is -0.293 e. The summed E-state index contributed by atoms with van der Waals surface area (Å²) in [5.41, 5.74) is 0.740. The summed E-state index contributed by atoms with van der Waals surface area (Å²) in [7, 11) is 0. The predicted molar refractivity (Wildman–Crippen MR) is 78.2 cm³/mol. The lowest BCUT2D eigenvalue weighted by Gasteiger charge is -2.06. The van der Waals surface area contributed by atoms with Crippen molar-refractivity contribution in [3.63, 3.8) is 0 Å². The second-order valence-electron chi connectivity index (χ2n) is 4.74. The molecule has 18 heavy (non-hydrogen) atoms. The molecule has 2 aromatic rings. The molecule has 1 heterocycles. The van der Waals surface area contributed by atoms with Crippen molar-refractivity contribution in [3.8, 4) is 0 Å². The number of carbonyl (C=O) groups is 1. The van der Waals surface area contributed by atoms with Crippen molar-refractivity contribution < 1.29 is 4.79 Å². The van der Waals surface area contributed by atoms with E-state index in [0.29, 0.717) is 11.7 Å². The van der Waals surface area contributed by atoms with Crippen LogP contribution < -0.4 is 0 Å². The van der Waals surface area contributed by atoms with Crippen LogP contribution in [0, 0.1) is 5.92 Å². The van der Waals surface area contributed by atoms with E-state index >= 15 is 0 Å². The molecule has 0 spiro atoms. The lowest BCUT2D eigenvalue weighted by Crippen LogP contribution is -2.05. The summed E-state index contributed by atoms with van der Waals surface area (Å²) in [6.45, 7) is 4.33. The Kier molecular flexibility index (Phi) is 4.37. The quantitative estimate of drug-likeness (QED) is 0.765. The molecule has 0 aliphatic rings. The molecule has 0 amide bonds. The van der Waals surface area contributed by atoms with Crippen LogP contribution >= 0.6 is 11.8 Å². The van der Waals surface area contributed by atoms with Crippen molar-refractivity contribution in [1.29, 1.82) is 0 Å². The lowest BCUT2D eigenvalue weighted by atomic mass is 10.1. The number of hydrogen-bond acceptors (Lipinski definition) is 3. The van der Waals surface area contributed by atoms with E-state index in [9.17, 15) is 4.79 Å². The molecule has 0 unspecified atom stereocenters. The van der Waals surface area contributed by atoms with Gasteiger partial charge in [0.1, 0.15) is 0 Å². The molecule has 1 aromatic heterocycles. The number of fused-ring (bicyclic) bond motifs is 1. The zero-order valence-electron chi connectivity index (χ0n) is 10.7. The van der Waals surface area contributed by atoms with Gasteiger partial charge in [0.2, 0.25) is 0 Å². The second-order valence-corrected chi connectivity index (χ2v) is 5.77. The average Bonchev–Trinajstić information content (AvgIpc) is 2.37. The first-order valence-corrected chi connectivity index (χ1v) is 7.27. The molecular formula is C15H17NOS. The molecule has 1 aromatic carbocycles. The predicted octanol–water partition coefficient (Wildman–Crippen LogP) is 3.81.